The highest BCUT2D eigenvalue weighted by Crippen LogP contribution is 2.23. The van der Waals surface area contributed by atoms with Crippen LogP contribution in [0, 0.1) is 0 Å². The van der Waals surface area contributed by atoms with Crippen molar-refractivity contribution in [2.45, 2.75) is 25.7 Å². The van der Waals surface area contributed by atoms with E-state index in [1.807, 2.05) is 0 Å². The Labute approximate surface area is 139 Å². The van der Waals surface area contributed by atoms with Gasteiger partial charge in [0.2, 0.25) is 0 Å². The molecular formula is C14H14ClF3N4O2. The number of aromatic nitrogens is 3. The summed E-state index contributed by atoms with van der Waals surface area (Å²) < 4.78 is 39.2. The quantitative estimate of drug-likeness (QED) is 0.850. The van der Waals surface area contributed by atoms with Gasteiger partial charge in [0.25, 0.3) is 0 Å². The average molecular weight is 363 g/mol. The number of nitrogens with two attached hydrogens (primary N) is 1. The topological polar surface area (TPSA) is 82.9 Å². The van der Waals surface area contributed by atoms with Crippen LogP contribution in [0.1, 0.15) is 6.42 Å². The van der Waals surface area contributed by atoms with Crippen molar-refractivity contribution in [1.29, 1.82) is 0 Å². The number of carbonyl (C=O) groups is 1. The molecular weight excluding hydrogens is 349 g/mol. The van der Waals surface area contributed by atoms with Gasteiger partial charge >= 0.3 is 11.9 Å². The molecule has 0 amide bonds. The smallest absolute Gasteiger partial charge is 0.324 e. The van der Waals surface area contributed by atoms with Gasteiger partial charge in [-0.1, -0.05) is 11.6 Å². The molecule has 0 aliphatic rings. The number of carbonyl (C=O) groups excluding carboxylic acids is 1. The van der Waals surface area contributed by atoms with Crippen LogP contribution in [0.3, 0.4) is 0 Å². The first-order chi connectivity index (χ1) is 11.2. The molecule has 0 saturated heterocycles. The van der Waals surface area contributed by atoms with Crippen molar-refractivity contribution in [2.75, 3.05) is 6.54 Å². The second-order valence-corrected chi connectivity index (χ2v) is 5.47. The van der Waals surface area contributed by atoms with E-state index in [0.717, 1.165) is 9.25 Å². The summed E-state index contributed by atoms with van der Waals surface area (Å²) in [5.74, 6) is -0.425. The first-order valence-electron chi connectivity index (χ1n) is 6.93. The number of halogens is 4. The number of alkyl halides is 3. The molecule has 0 unspecified atom stereocenters. The van der Waals surface area contributed by atoms with Crippen LogP contribution in [0.25, 0.3) is 11.4 Å². The number of hydrogen-bond donors (Lipinski definition) is 1. The van der Waals surface area contributed by atoms with Gasteiger partial charge in [-0.2, -0.15) is 13.2 Å². The molecule has 0 atom stereocenters. The maximum atomic E-state index is 12.5. The fourth-order valence-corrected chi connectivity index (χ4v) is 2.15. The summed E-state index contributed by atoms with van der Waals surface area (Å²) in [6.07, 6.45) is -5.62. The minimum absolute atomic E-state index is 0.0331. The van der Waals surface area contributed by atoms with Gasteiger partial charge in [0.15, 0.2) is 11.6 Å². The summed E-state index contributed by atoms with van der Waals surface area (Å²) in [5, 5.41) is 4.41. The highest BCUT2D eigenvalue weighted by atomic mass is 35.5. The van der Waals surface area contributed by atoms with Gasteiger partial charge in [-0.05, 0) is 24.3 Å². The molecule has 6 nitrogen and oxygen atoms in total. The molecule has 2 N–H and O–H groups in total. The molecule has 0 aliphatic carbocycles. The molecule has 24 heavy (non-hydrogen) atoms. The Kier molecular flexibility index (Phi) is 5.45. The van der Waals surface area contributed by atoms with Gasteiger partial charge in [0.05, 0.1) is 13.0 Å². The highest BCUT2D eigenvalue weighted by molar-refractivity contribution is 6.30. The monoisotopic (exact) mass is 362 g/mol. The highest BCUT2D eigenvalue weighted by Gasteiger charge is 2.28. The SMILES string of the molecule is NCC(=O)Cn1nc(-c2ccc(Cl)cc2)n(CCC(F)(F)F)c1=O. The molecule has 0 bridgehead atoms. The molecule has 0 spiro atoms. The summed E-state index contributed by atoms with van der Waals surface area (Å²) in [6.45, 7) is -1.29. The van der Waals surface area contributed by atoms with Crippen molar-refractivity contribution >= 4 is 17.4 Å². The summed E-state index contributed by atoms with van der Waals surface area (Å²) in [5.41, 5.74) is 4.81. The van der Waals surface area contributed by atoms with Gasteiger partial charge in [-0.3, -0.25) is 9.36 Å². The third-order valence-electron chi connectivity index (χ3n) is 3.20. The van der Waals surface area contributed by atoms with Crippen molar-refractivity contribution in [3.8, 4) is 11.4 Å². The lowest BCUT2D eigenvalue weighted by Gasteiger charge is -2.08. The van der Waals surface area contributed by atoms with Crippen molar-refractivity contribution < 1.29 is 18.0 Å². The van der Waals surface area contributed by atoms with Crippen molar-refractivity contribution in [1.82, 2.24) is 14.3 Å². The zero-order valence-electron chi connectivity index (χ0n) is 12.4. The summed E-state index contributed by atoms with van der Waals surface area (Å²) in [6, 6.07) is 6.12. The fraction of sp³-hybridized carbons (Fsp3) is 0.357. The lowest BCUT2D eigenvalue weighted by molar-refractivity contribution is -0.136. The largest absolute Gasteiger partial charge is 0.390 e. The van der Waals surface area contributed by atoms with Crippen LogP contribution in [0.2, 0.25) is 5.02 Å². The standard InChI is InChI=1S/C14H14ClF3N4O2/c15-10-3-1-9(2-4-10)12-20-22(8-11(23)7-19)13(24)21(12)6-5-14(16,17)18/h1-4H,5-8,19H2. The van der Waals surface area contributed by atoms with Gasteiger partial charge < -0.3 is 5.73 Å². The van der Waals surface area contributed by atoms with E-state index in [1.165, 1.54) is 24.3 Å². The van der Waals surface area contributed by atoms with Crippen molar-refractivity contribution in [3.05, 3.63) is 39.8 Å². The van der Waals surface area contributed by atoms with E-state index >= 15 is 0 Å². The Morgan fingerprint density at radius 1 is 1.25 bits per heavy atom. The maximum Gasteiger partial charge on any atom is 0.390 e. The van der Waals surface area contributed by atoms with Crippen LogP contribution in [0.5, 0.6) is 0 Å². The second kappa shape index (κ2) is 7.18. The molecule has 0 fully saturated rings. The molecule has 10 heteroatoms. The number of benzene rings is 1. The number of ketones is 1. The summed E-state index contributed by atoms with van der Waals surface area (Å²) in [7, 11) is 0. The zero-order chi connectivity index (χ0) is 17.9. The Hall–Kier alpha value is -2.13. The Balaban J connectivity index is 2.46. The molecule has 0 radical (unpaired) electrons. The van der Waals surface area contributed by atoms with Gasteiger partial charge in [0.1, 0.15) is 6.54 Å². The third kappa shape index (κ3) is 4.45. The average Bonchev–Trinajstić information content (AvgIpc) is 2.81. The normalized spacial score (nSPS) is 11.7. The van der Waals surface area contributed by atoms with Gasteiger partial charge in [0, 0.05) is 17.1 Å². The van der Waals surface area contributed by atoms with Crippen molar-refractivity contribution in [2.24, 2.45) is 5.73 Å². The summed E-state index contributed by atoms with van der Waals surface area (Å²) in [4.78, 5) is 23.7. The molecule has 1 aromatic heterocycles. The molecule has 0 saturated carbocycles. The van der Waals surface area contributed by atoms with E-state index in [1.54, 1.807) is 0 Å². The van der Waals surface area contributed by atoms with Gasteiger partial charge in [-0.15, -0.1) is 5.10 Å². The van der Waals surface area contributed by atoms with E-state index in [2.05, 4.69) is 5.10 Å². The number of rotatable bonds is 6. The molecule has 2 rings (SSSR count). The van der Waals surface area contributed by atoms with Crippen LogP contribution < -0.4 is 11.4 Å². The zero-order valence-corrected chi connectivity index (χ0v) is 13.1. The number of nitrogens with zero attached hydrogens (tertiary/aromatic N) is 3. The predicted molar refractivity (Wildman–Crippen MR) is 81.7 cm³/mol. The molecule has 130 valence electrons. The van der Waals surface area contributed by atoms with E-state index < -0.39 is 37.2 Å². The van der Waals surface area contributed by atoms with Crippen LogP contribution in [-0.4, -0.2) is 32.9 Å². The minimum Gasteiger partial charge on any atom is -0.324 e. The Morgan fingerprint density at radius 2 is 1.88 bits per heavy atom. The number of Topliss-reactive ketones (excluding diaryl/α,β-unsaturated/α-hetero) is 1. The van der Waals surface area contributed by atoms with Crippen LogP contribution in [0.4, 0.5) is 13.2 Å². The minimum atomic E-state index is -4.42. The van der Waals surface area contributed by atoms with Crippen LogP contribution in [-0.2, 0) is 17.9 Å². The first kappa shape index (κ1) is 18.2. The first-order valence-corrected chi connectivity index (χ1v) is 7.31. The van der Waals surface area contributed by atoms with E-state index in [9.17, 15) is 22.8 Å². The van der Waals surface area contributed by atoms with Gasteiger partial charge in [-0.25, -0.2) is 9.48 Å². The fourth-order valence-electron chi connectivity index (χ4n) is 2.03. The molecule has 2 aromatic rings. The van der Waals surface area contributed by atoms with Crippen LogP contribution in [0.15, 0.2) is 29.1 Å². The van der Waals surface area contributed by atoms with E-state index in [0.29, 0.717) is 10.6 Å². The lowest BCUT2D eigenvalue weighted by Crippen LogP contribution is -2.31. The molecule has 1 aromatic carbocycles. The predicted octanol–water partition coefficient (Wildman–Crippen LogP) is 1.85. The lowest BCUT2D eigenvalue weighted by atomic mass is 10.2. The molecule has 1 heterocycles. The second-order valence-electron chi connectivity index (χ2n) is 5.03. The maximum absolute atomic E-state index is 12.5. The summed E-state index contributed by atoms with van der Waals surface area (Å²) >= 11 is 5.78. The van der Waals surface area contributed by atoms with E-state index in [4.69, 9.17) is 17.3 Å². The van der Waals surface area contributed by atoms with Crippen molar-refractivity contribution in [3.63, 3.8) is 0 Å². The molecule has 0 aliphatic heterocycles. The Bertz CT molecular complexity index is 781. The Morgan fingerprint density at radius 3 is 2.42 bits per heavy atom. The third-order valence-corrected chi connectivity index (χ3v) is 3.45. The van der Waals surface area contributed by atoms with Crippen LogP contribution >= 0.6 is 11.6 Å². The number of hydrogen-bond acceptors (Lipinski definition) is 4. The van der Waals surface area contributed by atoms with E-state index in [-0.39, 0.29) is 12.4 Å².